The second kappa shape index (κ2) is 5.60. The van der Waals surface area contributed by atoms with Gasteiger partial charge in [0.2, 0.25) is 0 Å². The molecule has 0 aromatic heterocycles. The number of carbonyl (C=O) groups excluding carboxylic acids is 1. The number of hydrogen-bond acceptors (Lipinski definition) is 3. The van der Waals surface area contributed by atoms with E-state index in [2.05, 4.69) is 0 Å². The molecule has 0 aliphatic heterocycles. The Labute approximate surface area is 105 Å². The van der Waals surface area contributed by atoms with Crippen molar-refractivity contribution in [2.75, 3.05) is 19.1 Å². The predicted molar refractivity (Wildman–Crippen MR) is 70.2 cm³/mol. The summed E-state index contributed by atoms with van der Waals surface area (Å²) >= 11 is 7.64. The normalized spacial score (nSPS) is 10.3. The summed E-state index contributed by atoms with van der Waals surface area (Å²) in [5.41, 5.74) is 2.33. The number of thioether (sulfide) groups is 1. The summed E-state index contributed by atoms with van der Waals surface area (Å²) in [6.45, 7) is 3.76. The van der Waals surface area contributed by atoms with E-state index in [1.807, 2.05) is 26.2 Å². The van der Waals surface area contributed by atoms with Crippen LogP contribution in [0.5, 0.6) is 5.75 Å². The van der Waals surface area contributed by atoms with Crippen molar-refractivity contribution in [3.63, 3.8) is 0 Å². The molecule has 0 heterocycles. The van der Waals surface area contributed by atoms with Gasteiger partial charge in [-0.15, -0.1) is 0 Å². The van der Waals surface area contributed by atoms with Crippen LogP contribution in [-0.2, 0) is 0 Å². The fourth-order valence-electron chi connectivity index (χ4n) is 1.63. The molecule has 0 radical (unpaired) electrons. The summed E-state index contributed by atoms with van der Waals surface area (Å²) in [4.78, 5) is 11.9. The number of halogens is 1. The smallest absolute Gasteiger partial charge is 0.176 e. The lowest BCUT2D eigenvalue weighted by Gasteiger charge is -2.13. The quantitative estimate of drug-likeness (QED) is 0.773. The summed E-state index contributed by atoms with van der Waals surface area (Å²) < 4.78 is 5.24. The Kier molecular flexibility index (Phi) is 4.69. The van der Waals surface area contributed by atoms with Gasteiger partial charge in [0.25, 0.3) is 0 Å². The van der Waals surface area contributed by atoms with Crippen LogP contribution in [0, 0.1) is 13.8 Å². The summed E-state index contributed by atoms with van der Waals surface area (Å²) in [5, 5.41) is 0.644. The van der Waals surface area contributed by atoms with Crippen LogP contribution in [0.1, 0.15) is 21.5 Å². The zero-order chi connectivity index (χ0) is 12.3. The molecule has 0 bridgehead atoms. The Morgan fingerprint density at radius 3 is 2.62 bits per heavy atom. The number of carbonyl (C=O) groups is 1. The third kappa shape index (κ3) is 2.53. The Hall–Kier alpha value is -0.670. The number of methoxy groups -OCH3 is 1. The first-order valence-electron chi connectivity index (χ1n) is 4.88. The van der Waals surface area contributed by atoms with Crippen LogP contribution in [-0.4, -0.2) is 24.9 Å². The van der Waals surface area contributed by atoms with E-state index >= 15 is 0 Å². The van der Waals surface area contributed by atoms with Gasteiger partial charge >= 0.3 is 0 Å². The number of Topliss-reactive ketones (excluding diaryl/α,β-unsaturated/α-hetero) is 1. The van der Waals surface area contributed by atoms with E-state index in [1.165, 1.54) is 11.8 Å². The Bertz CT molecular complexity index is 416. The van der Waals surface area contributed by atoms with Crippen molar-refractivity contribution in [1.82, 2.24) is 0 Å². The number of benzene rings is 1. The van der Waals surface area contributed by atoms with Crippen LogP contribution in [0.3, 0.4) is 0 Å². The molecule has 0 amide bonds. The topological polar surface area (TPSA) is 26.3 Å². The van der Waals surface area contributed by atoms with Crippen molar-refractivity contribution < 1.29 is 9.53 Å². The van der Waals surface area contributed by atoms with E-state index in [-0.39, 0.29) is 5.78 Å². The number of rotatable bonds is 4. The van der Waals surface area contributed by atoms with Crippen LogP contribution in [0.25, 0.3) is 0 Å². The Morgan fingerprint density at radius 1 is 1.50 bits per heavy atom. The first kappa shape index (κ1) is 13.4. The average molecular weight is 259 g/mol. The Morgan fingerprint density at radius 2 is 2.12 bits per heavy atom. The van der Waals surface area contributed by atoms with Crippen LogP contribution >= 0.6 is 23.4 Å². The van der Waals surface area contributed by atoms with Crippen molar-refractivity contribution in [1.29, 1.82) is 0 Å². The van der Waals surface area contributed by atoms with E-state index in [1.54, 1.807) is 7.11 Å². The van der Waals surface area contributed by atoms with Crippen LogP contribution < -0.4 is 4.74 Å². The second-order valence-electron chi connectivity index (χ2n) is 3.57. The molecule has 1 rings (SSSR count). The van der Waals surface area contributed by atoms with E-state index in [4.69, 9.17) is 16.3 Å². The minimum Gasteiger partial charge on any atom is -0.496 e. The number of ketones is 1. The minimum atomic E-state index is 0.0590. The number of hydrogen-bond donors (Lipinski definition) is 0. The molecule has 0 spiro atoms. The molecule has 0 saturated heterocycles. The highest BCUT2D eigenvalue weighted by atomic mass is 35.5. The van der Waals surface area contributed by atoms with E-state index < -0.39 is 0 Å². The van der Waals surface area contributed by atoms with Crippen molar-refractivity contribution in [3.8, 4) is 5.75 Å². The average Bonchev–Trinajstić information content (AvgIpc) is 2.25. The first-order chi connectivity index (χ1) is 7.52. The van der Waals surface area contributed by atoms with Crippen LogP contribution in [0.15, 0.2) is 6.07 Å². The highest BCUT2D eigenvalue weighted by Gasteiger charge is 2.18. The lowest BCUT2D eigenvalue weighted by atomic mass is 10.0. The monoisotopic (exact) mass is 258 g/mol. The fourth-order valence-corrected chi connectivity index (χ4v) is 2.19. The summed E-state index contributed by atoms with van der Waals surface area (Å²) in [5.74, 6) is 1.11. The van der Waals surface area contributed by atoms with Crippen molar-refractivity contribution >= 4 is 29.1 Å². The van der Waals surface area contributed by atoms with Crippen LogP contribution in [0.4, 0.5) is 0 Å². The summed E-state index contributed by atoms with van der Waals surface area (Å²) in [6.07, 6.45) is 1.90. The van der Waals surface area contributed by atoms with Gasteiger partial charge in [0.05, 0.1) is 18.4 Å². The lowest BCUT2D eigenvalue weighted by Crippen LogP contribution is -2.08. The third-order valence-electron chi connectivity index (χ3n) is 2.42. The minimum absolute atomic E-state index is 0.0590. The molecule has 0 fully saturated rings. The molecule has 0 N–H and O–H groups in total. The Balaban J connectivity index is 3.35. The maximum Gasteiger partial charge on any atom is 0.176 e. The second-order valence-corrected chi connectivity index (χ2v) is 4.81. The van der Waals surface area contributed by atoms with Gasteiger partial charge in [-0.25, -0.2) is 0 Å². The molecular weight excluding hydrogens is 244 g/mol. The maximum absolute atomic E-state index is 11.9. The fraction of sp³-hybridized carbons (Fsp3) is 0.417. The van der Waals surface area contributed by atoms with Gasteiger partial charge in [-0.1, -0.05) is 11.6 Å². The number of aryl methyl sites for hydroxylation is 1. The SMILES string of the molecule is COc1cc(C)c(Cl)c(C)c1C(=O)CSC. The molecule has 2 nitrogen and oxygen atoms in total. The predicted octanol–water partition coefficient (Wildman–Crippen LogP) is 3.51. The molecule has 1 aromatic rings. The molecule has 0 aliphatic rings. The van der Waals surface area contributed by atoms with Crippen molar-refractivity contribution in [3.05, 3.63) is 27.8 Å². The summed E-state index contributed by atoms with van der Waals surface area (Å²) in [6, 6.07) is 1.81. The summed E-state index contributed by atoms with van der Waals surface area (Å²) in [7, 11) is 1.57. The van der Waals surface area contributed by atoms with Gasteiger partial charge in [-0.2, -0.15) is 11.8 Å². The van der Waals surface area contributed by atoms with Gasteiger partial charge in [-0.3, -0.25) is 4.79 Å². The first-order valence-corrected chi connectivity index (χ1v) is 6.66. The van der Waals surface area contributed by atoms with E-state index in [0.717, 1.165) is 11.1 Å². The highest BCUT2D eigenvalue weighted by Crippen LogP contribution is 2.32. The molecular formula is C12H15ClO2S. The zero-order valence-electron chi connectivity index (χ0n) is 9.89. The van der Waals surface area contributed by atoms with Gasteiger partial charge in [0.1, 0.15) is 5.75 Å². The molecule has 0 atom stereocenters. The molecule has 88 valence electrons. The van der Waals surface area contributed by atoms with Gasteiger partial charge in [0.15, 0.2) is 5.78 Å². The van der Waals surface area contributed by atoms with E-state index in [9.17, 15) is 4.79 Å². The van der Waals surface area contributed by atoms with Gasteiger partial charge < -0.3 is 4.74 Å². The van der Waals surface area contributed by atoms with Crippen molar-refractivity contribution in [2.24, 2.45) is 0 Å². The van der Waals surface area contributed by atoms with E-state index in [0.29, 0.717) is 22.1 Å². The van der Waals surface area contributed by atoms with Gasteiger partial charge in [0, 0.05) is 5.02 Å². The van der Waals surface area contributed by atoms with Crippen molar-refractivity contribution in [2.45, 2.75) is 13.8 Å². The number of ether oxygens (including phenoxy) is 1. The third-order valence-corrected chi connectivity index (χ3v) is 3.55. The standard InChI is InChI=1S/C12H15ClO2S/c1-7-5-10(15-3)11(8(2)12(7)13)9(14)6-16-4/h5H,6H2,1-4H3. The molecule has 16 heavy (non-hydrogen) atoms. The van der Waals surface area contributed by atoms with Crippen LogP contribution in [0.2, 0.25) is 5.02 Å². The lowest BCUT2D eigenvalue weighted by molar-refractivity contribution is 0.101. The molecule has 0 saturated carbocycles. The largest absolute Gasteiger partial charge is 0.496 e. The highest BCUT2D eigenvalue weighted by molar-refractivity contribution is 7.99. The molecule has 0 aliphatic carbocycles. The molecule has 0 unspecified atom stereocenters. The molecule has 4 heteroatoms. The maximum atomic E-state index is 11.9. The zero-order valence-corrected chi connectivity index (χ0v) is 11.5. The molecule has 1 aromatic carbocycles. The van der Waals surface area contributed by atoms with Gasteiger partial charge in [-0.05, 0) is 37.3 Å².